The minimum Gasteiger partial charge on any atom is -0.296 e. The Morgan fingerprint density at radius 3 is 1.44 bits per heavy atom. The fourth-order valence-corrected chi connectivity index (χ4v) is 2.46. The van der Waals surface area contributed by atoms with E-state index in [2.05, 4.69) is 10.6 Å². The molecule has 2 heterocycles. The summed E-state index contributed by atoms with van der Waals surface area (Å²) in [5.41, 5.74) is 0. The first-order chi connectivity index (χ1) is 8.56. The lowest BCUT2D eigenvalue weighted by Gasteiger charge is -2.07. The Hall–Kier alpha value is -1.72. The van der Waals surface area contributed by atoms with E-state index in [0.29, 0.717) is 12.8 Å². The maximum absolute atomic E-state index is 11.3. The van der Waals surface area contributed by atoms with Gasteiger partial charge in [0.1, 0.15) is 0 Å². The van der Waals surface area contributed by atoms with E-state index in [1.54, 1.807) is 0 Å². The third kappa shape index (κ3) is 2.94. The summed E-state index contributed by atoms with van der Waals surface area (Å²) >= 11 is 0. The van der Waals surface area contributed by atoms with Crippen LogP contribution in [0.2, 0.25) is 0 Å². The highest BCUT2D eigenvalue weighted by Gasteiger charge is 2.31. The number of imide groups is 2. The predicted molar refractivity (Wildman–Crippen MR) is 61.0 cm³/mol. The molecule has 0 saturated carbocycles. The van der Waals surface area contributed by atoms with E-state index in [1.165, 1.54) is 0 Å². The predicted octanol–water partition coefficient (Wildman–Crippen LogP) is -0.128. The lowest BCUT2D eigenvalue weighted by Crippen LogP contribution is -2.22. The van der Waals surface area contributed by atoms with Gasteiger partial charge in [-0.1, -0.05) is 12.8 Å². The average molecular weight is 252 g/mol. The number of hydrogen-bond donors (Lipinski definition) is 2. The van der Waals surface area contributed by atoms with Crippen LogP contribution in [-0.4, -0.2) is 23.6 Å². The van der Waals surface area contributed by atoms with Gasteiger partial charge in [-0.05, 0) is 12.8 Å². The van der Waals surface area contributed by atoms with Crippen molar-refractivity contribution in [3.63, 3.8) is 0 Å². The Balaban J connectivity index is 1.64. The first-order valence-corrected chi connectivity index (χ1v) is 6.23. The van der Waals surface area contributed by atoms with E-state index in [4.69, 9.17) is 0 Å². The van der Waals surface area contributed by atoms with Gasteiger partial charge >= 0.3 is 0 Å². The normalized spacial score (nSPS) is 27.6. The molecule has 2 atom stereocenters. The molecular weight excluding hydrogens is 236 g/mol. The second-order valence-electron chi connectivity index (χ2n) is 4.91. The second kappa shape index (κ2) is 5.29. The van der Waals surface area contributed by atoms with Gasteiger partial charge < -0.3 is 0 Å². The Morgan fingerprint density at radius 1 is 0.778 bits per heavy atom. The van der Waals surface area contributed by atoms with Gasteiger partial charge in [0.15, 0.2) is 0 Å². The van der Waals surface area contributed by atoms with E-state index < -0.39 is 0 Å². The van der Waals surface area contributed by atoms with Gasteiger partial charge in [0.2, 0.25) is 23.6 Å². The molecular formula is C12H16N2O4. The SMILES string of the molecule is O=C1CC(CCCCC2CC(=O)NC2=O)C(=O)N1. The van der Waals surface area contributed by atoms with Gasteiger partial charge in [0.05, 0.1) is 0 Å². The summed E-state index contributed by atoms with van der Waals surface area (Å²) < 4.78 is 0. The van der Waals surface area contributed by atoms with Crippen molar-refractivity contribution in [2.24, 2.45) is 11.8 Å². The quantitative estimate of drug-likeness (QED) is 0.526. The molecule has 2 unspecified atom stereocenters. The number of hydrogen-bond acceptors (Lipinski definition) is 4. The van der Waals surface area contributed by atoms with Crippen molar-refractivity contribution in [2.75, 3.05) is 0 Å². The fraction of sp³-hybridized carbons (Fsp3) is 0.667. The van der Waals surface area contributed by atoms with Crippen molar-refractivity contribution in [3.8, 4) is 0 Å². The van der Waals surface area contributed by atoms with Crippen LogP contribution in [0, 0.1) is 11.8 Å². The molecule has 0 aliphatic carbocycles. The highest BCUT2D eigenvalue weighted by Crippen LogP contribution is 2.22. The average Bonchev–Trinajstić information content (AvgIpc) is 2.77. The summed E-state index contributed by atoms with van der Waals surface area (Å²) in [7, 11) is 0. The van der Waals surface area contributed by atoms with E-state index in [0.717, 1.165) is 12.8 Å². The minimum atomic E-state index is -0.212. The number of unbranched alkanes of at least 4 members (excludes halogenated alkanes) is 1. The van der Waals surface area contributed by atoms with Crippen molar-refractivity contribution in [1.29, 1.82) is 0 Å². The zero-order valence-electron chi connectivity index (χ0n) is 10.0. The molecule has 0 aromatic heterocycles. The molecule has 4 amide bonds. The van der Waals surface area contributed by atoms with Gasteiger partial charge in [0, 0.05) is 24.7 Å². The Labute approximate surface area is 104 Å². The molecule has 2 aliphatic heterocycles. The van der Waals surface area contributed by atoms with Crippen LogP contribution >= 0.6 is 0 Å². The summed E-state index contributed by atoms with van der Waals surface area (Å²) in [6.45, 7) is 0. The van der Waals surface area contributed by atoms with E-state index >= 15 is 0 Å². The second-order valence-corrected chi connectivity index (χ2v) is 4.91. The molecule has 2 aliphatic rings. The van der Waals surface area contributed by atoms with Gasteiger partial charge in [-0.3, -0.25) is 29.8 Å². The van der Waals surface area contributed by atoms with E-state index in [1.807, 2.05) is 0 Å². The Morgan fingerprint density at radius 2 is 1.17 bits per heavy atom. The first kappa shape index (κ1) is 12.7. The molecule has 6 heteroatoms. The Bertz CT molecular complexity index is 367. The molecule has 2 N–H and O–H groups in total. The Kier molecular flexibility index (Phi) is 3.74. The molecule has 2 saturated heterocycles. The lowest BCUT2D eigenvalue weighted by atomic mass is 9.95. The fourth-order valence-electron chi connectivity index (χ4n) is 2.46. The third-order valence-electron chi connectivity index (χ3n) is 3.49. The smallest absolute Gasteiger partial charge is 0.230 e. The van der Waals surface area contributed by atoms with Crippen LogP contribution in [-0.2, 0) is 19.2 Å². The van der Waals surface area contributed by atoms with Crippen molar-refractivity contribution >= 4 is 23.6 Å². The van der Waals surface area contributed by atoms with Crippen LogP contribution in [0.4, 0.5) is 0 Å². The molecule has 6 nitrogen and oxygen atoms in total. The van der Waals surface area contributed by atoms with Gasteiger partial charge in [-0.2, -0.15) is 0 Å². The summed E-state index contributed by atoms with van der Waals surface area (Å²) in [5, 5.41) is 4.55. The van der Waals surface area contributed by atoms with Gasteiger partial charge in [-0.15, -0.1) is 0 Å². The lowest BCUT2D eigenvalue weighted by molar-refractivity contribution is -0.127. The number of carbonyl (C=O) groups excluding carboxylic acids is 4. The molecule has 0 spiro atoms. The summed E-state index contributed by atoms with van der Waals surface area (Å²) in [5.74, 6) is -1.20. The molecule has 0 aromatic rings. The van der Waals surface area contributed by atoms with Crippen LogP contribution < -0.4 is 10.6 Å². The largest absolute Gasteiger partial charge is 0.296 e. The van der Waals surface area contributed by atoms with E-state index in [9.17, 15) is 19.2 Å². The van der Waals surface area contributed by atoms with Crippen LogP contribution in [0.25, 0.3) is 0 Å². The van der Waals surface area contributed by atoms with Crippen molar-refractivity contribution in [1.82, 2.24) is 10.6 Å². The van der Waals surface area contributed by atoms with Crippen LogP contribution in [0.3, 0.4) is 0 Å². The standard InChI is InChI=1S/C12H16N2O4/c15-9-5-7(11(17)13-9)3-1-2-4-8-6-10(16)14-12(8)18/h7-8H,1-6H2,(H,13,15,17)(H,14,16,18). The van der Waals surface area contributed by atoms with Crippen LogP contribution in [0.5, 0.6) is 0 Å². The molecule has 2 rings (SSSR count). The van der Waals surface area contributed by atoms with Gasteiger partial charge in [0.25, 0.3) is 0 Å². The monoisotopic (exact) mass is 252 g/mol. The number of carbonyl (C=O) groups is 4. The third-order valence-corrected chi connectivity index (χ3v) is 3.49. The summed E-state index contributed by atoms with van der Waals surface area (Å²) in [4.78, 5) is 44.5. The molecule has 0 radical (unpaired) electrons. The van der Waals surface area contributed by atoms with Crippen LogP contribution in [0.1, 0.15) is 38.5 Å². The maximum atomic E-state index is 11.3. The summed E-state index contributed by atoms with van der Waals surface area (Å²) in [6.07, 6.45) is 3.48. The highest BCUT2D eigenvalue weighted by molar-refractivity contribution is 6.03. The van der Waals surface area contributed by atoms with Crippen molar-refractivity contribution < 1.29 is 19.2 Å². The minimum absolute atomic E-state index is 0.186. The zero-order valence-corrected chi connectivity index (χ0v) is 10.0. The summed E-state index contributed by atoms with van der Waals surface area (Å²) in [6, 6.07) is 0. The number of nitrogens with one attached hydrogen (secondary N) is 2. The molecule has 18 heavy (non-hydrogen) atoms. The molecule has 0 aromatic carbocycles. The first-order valence-electron chi connectivity index (χ1n) is 6.23. The topological polar surface area (TPSA) is 92.3 Å². The molecule has 98 valence electrons. The zero-order chi connectivity index (χ0) is 13.1. The molecule has 0 bridgehead atoms. The van der Waals surface area contributed by atoms with Crippen molar-refractivity contribution in [3.05, 3.63) is 0 Å². The van der Waals surface area contributed by atoms with Gasteiger partial charge in [-0.25, -0.2) is 0 Å². The highest BCUT2D eigenvalue weighted by atomic mass is 16.2. The molecule has 2 fully saturated rings. The van der Waals surface area contributed by atoms with Crippen LogP contribution in [0.15, 0.2) is 0 Å². The van der Waals surface area contributed by atoms with E-state index in [-0.39, 0.29) is 48.3 Å². The number of rotatable bonds is 5. The number of amides is 4. The maximum Gasteiger partial charge on any atom is 0.230 e. The van der Waals surface area contributed by atoms with Crippen molar-refractivity contribution in [2.45, 2.75) is 38.5 Å².